The van der Waals surface area contributed by atoms with Crippen molar-refractivity contribution in [2.45, 2.75) is 25.3 Å². The molecule has 0 spiro atoms. The molecule has 1 aliphatic carbocycles. The number of nitrogens with two attached hydrogens (primary N) is 1. The SMILES string of the molecule is NC1CCC=C(C=CC(=O)O)C1. The predicted molar refractivity (Wildman–Crippen MR) is 46.7 cm³/mol. The van der Waals surface area contributed by atoms with Gasteiger partial charge >= 0.3 is 5.97 Å². The van der Waals surface area contributed by atoms with Crippen molar-refractivity contribution in [3.8, 4) is 0 Å². The number of carbonyl (C=O) groups is 1. The lowest BCUT2D eigenvalue weighted by atomic mass is 9.95. The van der Waals surface area contributed by atoms with Gasteiger partial charge in [-0.3, -0.25) is 0 Å². The Bertz CT molecular complexity index is 231. The second kappa shape index (κ2) is 4.07. The summed E-state index contributed by atoms with van der Waals surface area (Å²) in [5.41, 5.74) is 6.75. The van der Waals surface area contributed by atoms with Crippen LogP contribution in [0.5, 0.6) is 0 Å². The predicted octanol–water partition coefficient (Wildman–Crippen LogP) is 1.06. The number of aliphatic carboxylic acids is 1. The number of allylic oxidation sites excluding steroid dienone is 2. The van der Waals surface area contributed by atoms with Crippen molar-refractivity contribution < 1.29 is 9.90 Å². The molecule has 1 aliphatic rings. The summed E-state index contributed by atoms with van der Waals surface area (Å²) in [7, 11) is 0. The summed E-state index contributed by atoms with van der Waals surface area (Å²) in [4.78, 5) is 10.2. The zero-order chi connectivity index (χ0) is 8.97. The molecule has 66 valence electrons. The van der Waals surface area contributed by atoms with Crippen molar-refractivity contribution in [1.82, 2.24) is 0 Å². The number of carboxylic acid groups (broad SMARTS) is 1. The quantitative estimate of drug-likeness (QED) is 0.604. The first kappa shape index (κ1) is 9.00. The molecule has 3 heteroatoms. The van der Waals surface area contributed by atoms with Crippen LogP contribution in [0.4, 0.5) is 0 Å². The fraction of sp³-hybridized carbons (Fsp3) is 0.444. The third kappa shape index (κ3) is 2.88. The molecule has 0 aliphatic heterocycles. The summed E-state index contributed by atoms with van der Waals surface area (Å²) in [6.45, 7) is 0. The molecule has 3 nitrogen and oxygen atoms in total. The van der Waals surface area contributed by atoms with Crippen molar-refractivity contribution in [3.05, 3.63) is 23.8 Å². The number of carboxylic acids is 1. The van der Waals surface area contributed by atoms with E-state index in [4.69, 9.17) is 10.8 Å². The zero-order valence-electron chi connectivity index (χ0n) is 6.86. The summed E-state index contributed by atoms with van der Waals surface area (Å²) in [6, 6.07) is 0.198. The van der Waals surface area contributed by atoms with Crippen molar-refractivity contribution in [1.29, 1.82) is 0 Å². The van der Waals surface area contributed by atoms with E-state index in [1.807, 2.05) is 6.08 Å². The number of rotatable bonds is 2. The summed E-state index contributed by atoms with van der Waals surface area (Å²) in [5, 5.41) is 8.36. The van der Waals surface area contributed by atoms with Gasteiger partial charge in [0, 0.05) is 12.1 Å². The van der Waals surface area contributed by atoms with E-state index < -0.39 is 5.97 Å². The first-order chi connectivity index (χ1) is 5.68. The Morgan fingerprint density at radius 3 is 3.08 bits per heavy atom. The Kier molecular flexibility index (Phi) is 3.05. The maximum absolute atomic E-state index is 10.2. The van der Waals surface area contributed by atoms with Crippen LogP contribution < -0.4 is 5.73 Å². The second-order valence-corrected chi connectivity index (χ2v) is 2.99. The molecule has 0 fully saturated rings. The highest BCUT2D eigenvalue weighted by molar-refractivity contribution is 5.80. The van der Waals surface area contributed by atoms with Gasteiger partial charge in [-0.15, -0.1) is 0 Å². The molecule has 0 bridgehead atoms. The smallest absolute Gasteiger partial charge is 0.328 e. The third-order valence-corrected chi connectivity index (χ3v) is 1.88. The Labute approximate surface area is 71.6 Å². The van der Waals surface area contributed by atoms with E-state index in [0.29, 0.717) is 0 Å². The standard InChI is InChI=1S/C9H13NO2/c10-8-3-1-2-7(6-8)4-5-9(11)12/h2,4-5,8H,1,3,6,10H2,(H,11,12). The van der Waals surface area contributed by atoms with E-state index in [0.717, 1.165) is 30.9 Å². The highest BCUT2D eigenvalue weighted by Crippen LogP contribution is 2.17. The van der Waals surface area contributed by atoms with Crippen LogP contribution in [0.15, 0.2) is 23.8 Å². The molecular weight excluding hydrogens is 154 g/mol. The molecule has 0 saturated heterocycles. The van der Waals surface area contributed by atoms with Crippen LogP contribution in [0.1, 0.15) is 19.3 Å². The molecule has 3 N–H and O–H groups in total. The topological polar surface area (TPSA) is 63.3 Å². The molecule has 0 amide bonds. The van der Waals surface area contributed by atoms with Crippen LogP contribution >= 0.6 is 0 Å². The lowest BCUT2D eigenvalue weighted by Crippen LogP contribution is -2.22. The van der Waals surface area contributed by atoms with Gasteiger partial charge in [-0.05, 0) is 19.3 Å². The molecule has 0 radical (unpaired) electrons. The lowest BCUT2D eigenvalue weighted by Gasteiger charge is -2.16. The summed E-state index contributed by atoms with van der Waals surface area (Å²) >= 11 is 0. The fourth-order valence-corrected chi connectivity index (χ4v) is 1.29. The first-order valence-corrected chi connectivity index (χ1v) is 4.04. The first-order valence-electron chi connectivity index (χ1n) is 4.04. The van der Waals surface area contributed by atoms with Gasteiger partial charge in [0.25, 0.3) is 0 Å². The Hall–Kier alpha value is -1.09. The van der Waals surface area contributed by atoms with Crippen molar-refractivity contribution in [2.24, 2.45) is 5.73 Å². The fourth-order valence-electron chi connectivity index (χ4n) is 1.29. The van der Waals surface area contributed by atoms with Crippen LogP contribution in [-0.2, 0) is 4.79 Å². The van der Waals surface area contributed by atoms with Crippen molar-refractivity contribution in [3.63, 3.8) is 0 Å². The molecule has 0 heterocycles. The van der Waals surface area contributed by atoms with E-state index in [2.05, 4.69) is 0 Å². The Morgan fingerprint density at radius 1 is 1.75 bits per heavy atom. The highest BCUT2D eigenvalue weighted by atomic mass is 16.4. The molecular formula is C9H13NO2. The summed E-state index contributed by atoms with van der Waals surface area (Å²) in [6.07, 6.45) is 7.59. The van der Waals surface area contributed by atoms with Gasteiger partial charge in [0.1, 0.15) is 0 Å². The van der Waals surface area contributed by atoms with Gasteiger partial charge in [-0.2, -0.15) is 0 Å². The largest absolute Gasteiger partial charge is 0.478 e. The average Bonchev–Trinajstić information content (AvgIpc) is 2.01. The van der Waals surface area contributed by atoms with Crippen LogP contribution in [0, 0.1) is 0 Å². The monoisotopic (exact) mass is 167 g/mol. The van der Waals surface area contributed by atoms with E-state index in [1.165, 1.54) is 0 Å². The summed E-state index contributed by atoms with van der Waals surface area (Å²) in [5.74, 6) is -0.907. The Balaban J connectivity index is 2.52. The van der Waals surface area contributed by atoms with Crippen LogP contribution in [0.3, 0.4) is 0 Å². The number of hydrogen-bond acceptors (Lipinski definition) is 2. The number of hydrogen-bond donors (Lipinski definition) is 2. The normalized spacial score (nSPS) is 24.1. The molecule has 1 atom stereocenters. The second-order valence-electron chi connectivity index (χ2n) is 2.99. The maximum Gasteiger partial charge on any atom is 0.328 e. The average molecular weight is 167 g/mol. The highest BCUT2D eigenvalue weighted by Gasteiger charge is 2.08. The van der Waals surface area contributed by atoms with Crippen LogP contribution in [-0.4, -0.2) is 17.1 Å². The molecule has 0 aromatic rings. The van der Waals surface area contributed by atoms with Gasteiger partial charge in [0.15, 0.2) is 0 Å². The van der Waals surface area contributed by atoms with Crippen LogP contribution in [0.25, 0.3) is 0 Å². The van der Waals surface area contributed by atoms with E-state index in [9.17, 15) is 4.79 Å². The van der Waals surface area contributed by atoms with Gasteiger partial charge in [-0.25, -0.2) is 4.79 Å². The minimum Gasteiger partial charge on any atom is -0.478 e. The van der Waals surface area contributed by atoms with E-state index in [-0.39, 0.29) is 6.04 Å². The van der Waals surface area contributed by atoms with Gasteiger partial charge in [0.05, 0.1) is 0 Å². The van der Waals surface area contributed by atoms with E-state index >= 15 is 0 Å². The maximum atomic E-state index is 10.2. The Morgan fingerprint density at radius 2 is 2.50 bits per heavy atom. The summed E-state index contributed by atoms with van der Waals surface area (Å²) < 4.78 is 0. The minimum atomic E-state index is -0.907. The third-order valence-electron chi connectivity index (χ3n) is 1.88. The molecule has 0 aromatic carbocycles. The molecule has 12 heavy (non-hydrogen) atoms. The molecule has 1 unspecified atom stereocenters. The molecule has 1 rings (SSSR count). The zero-order valence-corrected chi connectivity index (χ0v) is 6.86. The lowest BCUT2D eigenvalue weighted by molar-refractivity contribution is -0.131. The van der Waals surface area contributed by atoms with Crippen molar-refractivity contribution in [2.75, 3.05) is 0 Å². The van der Waals surface area contributed by atoms with Crippen molar-refractivity contribution >= 4 is 5.97 Å². The van der Waals surface area contributed by atoms with Gasteiger partial charge in [-0.1, -0.05) is 17.7 Å². The minimum absolute atomic E-state index is 0.198. The van der Waals surface area contributed by atoms with Gasteiger partial charge in [0.2, 0.25) is 0 Å². The van der Waals surface area contributed by atoms with Crippen LogP contribution in [0.2, 0.25) is 0 Å². The molecule has 0 aromatic heterocycles. The molecule has 0 saturated carbocycles. The van der Waals surface area contributed by atoms with Gasteiger partial charge < -0.3 is 10.8 Å². The van der Waals surface area contributed by atoms with E-state index in [1.54, 1.807) is 6.08 Å².